The fourth-order valence-electron chi connectivity index (χ4n) is 19.6. The van der Waals surface area contributed by atoms with E-state index < -0.39 is 268 Å². The minimum atomic E-state index is -3.91. The maximum absolute atomic E-state index is 16.5. The number of primary amides is 1. The van der Waals surface area contributed by atoms with Crippen LogP contribution in [0.3, 0.4) is 0 Å². The second-order valence-corrected chi connectivity index (χ2v) is 38.8. The molecule has 5 saturated carbocycles. The van der Waals surface area contributed by atoms with E-state index in [2.05, 4.69) is 54.2 Å². The van der Waals surface area contributed by atoms with E-state index in [1.807, 2.05) is 13.8 Å². The van der Waals surface area contributed by atoms with Crippen molar-refractivity contribution < 1.29 is 126 Å². The molecule has 6 heterocycles. The van der Waals surface area contributed by atoms with E-state index >= 15 is 24.0 Å². The van der Waals surface area contributed by atoms with Gasteiger partial charge in [-0.25, -0.2) is 17.9 Å². The van der Waals surface area contributed by atoms with Gasteiger partial charge in [-0.2, -0.15) is 0 Å². The van der Waals surface area contributed by atoms with E-state index in [0.29, 0.717) is 25.2 Å². The lowest BCUT2D eigenvalue weighted by Crippen LogP contribution is -2.66. The van der Waals surface area contributed by atoms with Gasteiger partial charge in [0.1, 0.15) is 72.5 Å². The molecule has 11 bridgehead atoms. The number of nitrogens with one attached hydrogen (secondary N) is 9. The number of amides is 7. The van der Waals surface area contributed by atoms with Crippen LogP contribution < -0.4 is 77.7 Å². The molecule has 2 aromatic rings. The number of alkyl halides is 2. The first-order valence-corrected chi connectivity index (χ1v) is 45.7. The molecule has 4 unspecified atom stereocenters. The summed E-state index contributed by atoms with van der Waals surface area (Å²) in [5.74, 6) is -19.5. The van der Waals surface area contributed by atoms with Crippen LogP contribution in [-0.2, 0) is 57.9 Å². The first-order chi connectivity index (χ1) is 58.3. The number of fused-ring (bicyclic) bond motifs is 15. The van der Waals surface area contributed by atoms with Gasteiger partial charge in [0.05, 0.1) is 83.6 Å². The van der Waals surface area contributed by atoms with E-state index in [1.54, 1.807) is 26.0 Å². The van der Waals surface area contributed by atoms with Gasteiger partial charge in [0.25, 0.3) is 0 Å². The van der Waals surface area contributed by atoms with Gasteiger partial charge in [0.15, 0.2) is 17.8 Å². The zero-order valence-corrected chi connectivity index (χ0v) is 72.6. The molecule has 2 saturated heterocycles. The van der Waals surface area contributed by atoms with Crippen LogP contribution in [0.1, 0.15) is 168 Å². The molecule has 0 spiro atoms. The first kappa shape index (κ1) is 97.0. The Bertz CT molecular complexity index is 4090. The number of sulfonamides is 1. The minimum Gasteiger partial charge on any atom is -0.494 e. The summed E-state index contributed by atoms with van der Waals surface area (Å²) in [4.78, 5) is 120. The lowest BCUT2D eigenvalue weighted by Gasteiger charge is -2.51. The van der Waals surface area contributed by atoms with Crippen LogP contribution in [-0.4, -0.2) is 285 Å². The van der Waals surface area contributed by atoms with E-state index in [1.165, 1.54) is 31.3 Å². The monoisotopic (exact) mass is 1800 g/mol. The smallest absolute Gasteiger partial charge is 0.326 e. The number of nitrogens with two attached hydrogens (primary N) is 2. The minimum absolute atomic E-state index is 0.0249. The summed E-state index contributed by atoms with van der Waals surface area (Å²) >= 11 is 14.9. The molecule has 23 N–H and O–H groups in total. The molecule has 11 aliphatic rings. The number of carbonyl (C=O) groups excluding carboxylic acids is 7. The Morgan fingerprint density at radius 3 is 1.95 bits per heavy atom. The average Bonchev–Trinajstić information content (AvgIpc) is 0.756. The SMILES string of the molecule is CCCCCOc1ccc(S(=O)(=O)NCCCCNCC2[C@H](O)C3C4C[C@H](CC[C@H]4O)[C@H]4NC(=O)[C@@H]5NC(=O)[C@H](CC(N)=O)NC(=O)[C@H](NC(=O)[C@@H](CC(C)C)NC)[C@H](O)[C@H]6CC[C@@H](Oc7cc5cc(c7O[C@@H]5C[C@H](CO)[C@@H](O)[C@H](O)[C@H]5O[C@H]5C[C@](C)(N)[C@H](O)[C@H](C)O5)O[C@@H]5CC[C@@H](C[C@@H]5Cl)[C@@H](O)[C@H](NC4=O)C(=O)N[C@H](C(=O)O)C3C[C@@H]2O)[C@H](Cl)C6)cc1. The molecule has 2 aromatic carbocycles. The summed E-state index contributed by atoms with van der Waals surface area (Å²) in [6, 6.07) is -4.39. The van der Waals surface area contributed by atoms with Gasteiger partial charge in [0.2, 0.25) is 57.1 Å². The molecule has 32 atom stereocenters. The van der Waals surface area contributed by atoms with Crippen LogP contribution >= 0.6 is 23.2 Å². The molecular weight excluding hydrogens is 1670 g/mol. The highest BCUT2D eigenvalue weighted by molar-refractivity contribution is 7.89. The Balaban J connectivity index is 0.997. The standard InChI is InChI=1S/C83H127Cl2N11O26S/c1-7-8-11-24-117-44-15-17-45(18-16-44)123(115,116)90-23-10-9-22-89-35-48-54(99)32-47-62(71(48)104)46-26-39(12-19-53(46)98)63-78(109)96-67(81(112)94-65(47)82(113)114)69(102)41-14-21-56(50(85)28-41)120-58-30-42-29-57(73(58)121-59-31-43(36-97)70(103)72(105)74(59)122-61-34-83(5,87)75(106)38(4)118-61)119-55-20-13-40(27-49(55)84)68(101)66(95-76(107)51(88-6)25-37(2)3)80(111)91-52(33-60(86)100)77(108)92-64(42)79(110)93-63/h15-18,29-30,37-41,43,46-56,59,61-72,74-75,88-90,97-99,101-106H,7-14,19-28,31-36,87H2,1-6H3,(H2,86,100)(H,91,111)(H,92,108)(H,93,110)(H,94,112)(H,95,107)(H,96,109)(H,113,114)/t38-,39-,40-,41-,43+,46?,47?,48?,49+,50-,51+,52-,53+,54-,55+,56+,59+,61-,62?,63+,64+,65-,66+,67-,68+,69+,70+,71-,72-,74-,75+,83-/m0/s1. The highest BCUT2D eigenvalue weighted by Crippen LogP contribution is 2.51. The summed E-state index contributed by atoms with van der Waals surface area (Å²) in [5, 5.41) is 140. The molecule has 0 radical (unpaired) electrons. The van der Waals surface area contributed by atoms with Crippen LogP contribution in [0.5, 0.6) is 23.0 Å². The van der Waals surface area contributed by atoms with E-state index in [4.69, 9.17) is 63.1 Å². The van der Waals surface area contributed by atoms with Gasteiger partial charge >= 0.3 is 5.97 Å². The Labute approximate surface area is 725 Å². The fourth-order valence-corrected chi connectivity index (χ4v) is 21.5. The molecule has 7 fully saturated rings. The summed E-state index contributed by atoms with van der Waals surface area (Å²) in [5.41, 5.74) is 10.9. The lowest BCUT2D eigenvalue weighted by atomic mass is 9.58. The molecule has 7 amide bonds. The van der Waals surface area contributed by atoms with Crippen molar-refractivity contribution in [2.75, 3.05) is 39.9 Å². The Morgan fingerprint density at radius 2 is 1.34 bits per heavy atom. The van der Waals surface area contributed by atoms with E-state index in [9.17, 15) is 73.9 Å². The van der Waals surface area contributed by atoms with Crippen LogP contribution in [0, 0.1) is 53.3 Å². The molecule has 0 aromatic heterocycles. The van der Waals surface area contributed by atoms with E-state index in [0.717, 1.165) is 19.3 Å². The lowest BCUT2D eigenvalue weighted by molar-refractivity contribution is -0.286. The highest BCUT2D eigenvalue weighted by Gasteiger charge is 2.57. The summed E-state index contributed by atoms with van der Waals surface area (Å²) in [6.07, 6.45) is -19.5. The van der Waals surface area contributed by atoms with Crippen LogP contribution in [0.25, 0.3) is 0 Å². The summed E-state index contributed by atoms with van der Waals surface area (Å²) in [7, 11) is -2.39. The van der Waals surface area contributed by atoms with Gasteiger partial charge < -0.3 is 133 Å². The second-order valence-electron chi connectivity index (χ2n) is 35.9. The molecule has 6 aliphatic heterocycles. The third-order valence-electron chi connectivity index (χ3n) is 26.6. The van der Waals surface area contributed by atoms with Gasteiger partial charge in [-0.1, -0.05) is 33.6 Å². The van der Waals surface area contributed by atoms with Crippen LogP contribution in [0.2, 0.25) is 0 Å². The predicted octanol–water partition coefficient (Wildman–Crippen LogP) is -1.32. The van der Waals surface area contributed by atoms with Crippen LogP contribution in [0.15, 0.2) is 41.3 Å². The number of carboxylic acid groups (broad SMARTS) is 1. The van der Waals surface area contributed by atoms with Crippen molar-refractivity contribution >= 4 is 80.5 Å². The summed E-state index contributed by atoms with van der Waals surface area (Å²) < 4.78 is 68.8. The Kier molecular flexibility index (Phi) is 33.5. The molecular formula is C83H127Cl2N11O26S. The molecule has 37 nitrogen and oxygen atoms in total. The molecule has 690 valence electrons. The summed E-state index contributed by atoms with van der Waals surface area (Å²) in [6.45, 7) is 8.89. The van der Waals surface area contributed by atoms with Crippen molar-refractivity contribution in [2.45, 2.75) is 306 Å². The average molecular weight is 1800 g/mol. The number of unbranched alkanes of at least 4 members (excludes halogenated alkanes) is 3. The maximum atomic E-state index is 16.5. The number of aliphatic carboxylic acids is 1. The largest absolute Gasteiger partial charge is 0.494 e. The third kappa shape index (κ3) is 23.3. The predicted molar refractivity (Wildman–Crippen MR) is 442 cm³/mol. The van der Waals surface area contributed by atoms with Gasteiger partial charge in [-0.3, -0.25) is 33.6 Å². The Hall–Kier alpha value is -6.67. The van der Waals surface area contributed by atoms with Crippen molar-refractivity contribution in [3.05, 3.63) is 42.0 Å². The number of carboxylic acids is 1. The number of benzene rings is 2. The topological polar surface area (TPSA) is 589 Å². The van der Waals surface area contributed by atoms with Crippen molar-refractivity contribution in [3.63, 3.8) is 0 Å². The zero-order valence-electron chi connectivity index (χ0n) is 70.2. The fraction of sp³-hybridized carbons (Fsp3) is 0.759. The van der Waals surface area contributed by atoms with Gasteiger partial charge in [-0.15, -0.1) is 23.2 Å². The number of carbonyl (C=O) groups is 8. The third-order valence-corrected chi connectivity index (χ3v) is 29.0. The molecule has 123 heavy (non-hydrogen) atoms. The number of hydrogen-bond donors (Lipinski definition) is 21. The first-order valence-electron chi connectivity index (χ1n) is 43.4. The van der Waals surface area contributed by atoms with Crippen molar-refractivity contribution in [1.82, 2.24) is 47.3 Å². The number of halogens is 2. The molecule has 13 rings (SSSR count). The van der Waals surface area contributed by atoms with Crippen molar-refractivity contribution in [1.29, 1.82) is 0 Å². The van der Waals surface area contributed by atoms with E-state index in [-0.39, 0.29) is 130 Å². The highest BCUT2D eigenvalue weighted by atomic mass is 35.5. The number of likely N-dealkylation sites (N-methyl/N-ethyl adjacent to an activating group) is 1. The zero-order chi connectivity index (χ0) is 89.4. The molecule has 40 heteroatoms. The van der Waals surface area contributed by atoms with Gasteiger partial charge in [0, 0.05) is 43.5 Å². The maximum Gasteiger partial charge on any atom is 0.326 e. The number of rotatable bonds is 27. The number of ether oxygens (including phenoxy) is 6. The van der Waals surface area contributed by atoms with Crippen molar-refractivity contribution in [3.8, 4) is 23.0 Å². The van der Waals surface area contributed by atoms with Crippen molar-refractivity contribution in [2.24, 2.45) is 64.7 Å². The van der Waals surface area contributed by atoms with Gasteiger partial charge in [-0.05, 0) is 207 Å². The van der Waals surface area contributed by atoms with Crippen LogP contribution in [0.4, 0.5) is 0 Å². The Morgan fingerprint density at radius 1 is 0.707 bits per heavy atom. The number of hydrogen-bond acceptors (Lipinski definition) is 28. The number of aliphatic hydroxyl groups is 9. The number of aliphatic hydroxyl groups excluding tert-OH is 9. The quantitative estimate of drug-likeness (QED) is 0.0364. The molecule has 5 aliphatic carbocycles. The normalized spacial score (nSPS) is 38.0. The second kappa shape index (κ2) is 42.5.